The van der Waals surface area contributed by atoms with Gasteiger partial charge in [-0.1, -0.05) is 22.0 Å². The van der Waals surface area contributed by atoms with Crippen molar-refractivity contribution in [3.63, 3.8) is 0 Å². The Morgan fingerprint density at radius 1 is 1.45 bits per heavy atom. The van der Waals surface area contributed by atoms with E-state index in [0.717, 1.165) is 10.9 Å². The number of aromatic nitrogens is 2. The van der Waals surface area contributed by atoms with E-state index in [0.29, 0.717) is 4.47 Å². The third kappa shape index (κ3) is 2.83. The van der Waals surface area contributed by atoms with E-state index in [1.54, 1.807) is 12.1 Å². The van der Waals surface area contributed by atoms with Crippen LogP contribution >= 0.6 is 15.9 Å². The summed E-state index contributed by atoms with van der Waals surface area (Å²) in [5.74, 6) is -1.36. The van der Waals surface area contributed by atoms with E-state index in [9.17, 15) is 13.2 Å². The first kappa shape index (κ1) is 14.5. The number of hydrogen-bond acceptors (Lipinski definition) is 4. The van der Waals surface area contributed by atoms with Gasteiger partial charge in [0.1, 0.15) is 5.56 Å². The van der Waals surface area contributed by atoms with Gasteiger partial charge >= 0.3 is 5.97 Å². The molecule has 1 aromatic heterocycles. The van der Waals surface area contributed by atoms with Crippen LogP contribution in [-0.2, 0) is 17.1 Å². The van der Waals surface area contributed by atoms with Crippen molar-refractivity contribution in [1.29, 1.82) is 0 Å². The van der Waals surface area contributed by atoms with Gasteiger partial charge < -0.3 is 5.11 Å². The summed E-state index contributed by atoms with van der Waals surface area (Å²) < 4.78 is 28.4. The molecule has 7 nitrogen and oxygen atoms in total. The summed E-state index contributed by atoms with van der Waals surface area (Å²) in [6, 6.07) is 6.08. The van der Waals surface area contributed by atoms with E-state index in [4.69, 9.17) is 5.11 Å². The largest absolute Gasteiger partial charge is 0.477 e. The van der Waals surface area contributed by atoms with Gasteiger partial charge in [-0.05, 0) is 18.2 Å². The molecule has 0 aliphatic heterocycles. The zero-order chi connectivity index (χ0) is 14.9. The Balaban J connectivity index is 2.44. The van der Waals surface area contributed by atoms with Crippen molar-refractivity contribution in [3.8, 4) is 0 Å². The molecule has 20 heavy (non-hydrogen) atoms. The average molecular weight is 360 g/mol. The molecule has 2 N–H and O–H groups in total. The molecule has 0 saturated carbocycles. The van der Waals surface area contributed by atoms with E-state index < -0.39 is 16.0 Å². The molecule has 0 aliphatic rings. The molecule has 2 rings (SSSR count). The van der Waals surface area contributed by atoms with Crippen molar-refractivity contribution in [3.05, 3.63) is 40.5 Å². The third-order valence-corrected chi connectivity index (χ3v) is 4.34. The van der Waals surface area contributed by atoms with Crippen molar-refractivity contribution < 1.29 is 18.3 Å². The Labute approximate surface area is 123 Å². The smallest absolute Gasteiger partial charge is 0.341 e. The number of carboxylic acid groups (broad SMARTS) is 1. The first-order valence-electron chi connectivity index (χ1n) is 5.35. The highest BCUT2D eigenvalue weighted by atomic mass is 79.9. The molecule has 9 heteroatoms. The summed E-state index contributed by atoms with van der Waals surface area (Å²) in [5.41, 5.74) is -0.217. The van der Waals surface area contributed by atoms with Crippen LogP contribution in [0.4, 0.5) is 5.82 Å². The predicted molar refractivity (Wildman–Crippen MR) is 75.1 cm³/mol. The van der Waals surface area contributed by atoms with Crippen LogP contribution in [0.2, 0.25) is 0 Å². The molecule has 106 valence electrons. The van der Waals surface area contributed by atoms with Gasteiger partial charge in [0, 0.05) is 11.5 Å². The van der Waals surface area contributed by atoms with Crippen LogP contribution in [0.1, 0.15) is 10.4 Å². The minimum absolute atomic E-state index is 0.0180. The Morgan fingerprint density at radius 2 is 2.15 bits per heavy atom. The third-order valence-electron chi connectivity index (χ3n) is 2.51. The second-order valence-corrected chi connectivity index (χ2v) is 6.50. The number of nitrogens with zero attached hydrogens (tertiary/aromatic N) is 2. The predicted octanol–water partition coefficient (Wildman–Crippen LogP) is 1.68. The lowest BCUT2D eigenvalue weighted by atomic mass is 10.3. The zero-order valence-electron chi connectivity index (χ0n) is 10.2. The minimum Gasteiger partial charge on any atom is -0.477 e. The molecule has 0 aliphatic carbocycles. The van der Waals surface area contributed by atoms with Gasteiger partial charge in [-0.25, -0.2) is 13.2 Å². The Kier molecular flexibility index (Phi) is 3.82. The van der Waals surface area contributed by atoms with Crippen LogP contribution in [0, 0.1) is 0 Å². The number of benzene rings is 1. The highest BCUT2D eigenvalue weighted by Gasteiger charge is 2.22. The summed E-state index contributed by atoms with van der Waals surface area (Å²) in [6.07, 6.45) is 1.08. The van der Waals surface area contributed by atoms with E-state index in [1.807, 2.05) is 0 Å². The lowest BCUT2D eigenvalue weighted by Gasteiger charge is -2.09. The number of halogens is 1. The molecule has 0 radical (unpaired) electrons. The molecule has 0 unspecified atom stereocenters. The number of hydrogen-bond donors (Lipinski definition) is 2. The van der Waals surface area contributed by atoms with Crippen molar-refractivity contribution in [1.82, 2.24) is 9.78 Å². The van der Waals surface area contributed by atoms with E-state index in [-0.39, 0.29) is 16.3 Å². The van der Waals surface area contributed by atoms with Crippen LogP contribution in [0.3, 0.4) is 0 Å². The maximum Gasteiger partial charge on any atom is 0.341 e. The van der Waals surface area contributed by atoms with Crippen LogP contribution in [-0.4, -0.2) is 29.3 Å². The molecule has 0 fully saturated rings. The number of rotatable bonds is 4. The van der Waals surface area contributed by atoms with Crippen LogP contribution in [0.25, 0.3) is 0 Å². The Bertz CT molecular complexity index is 770. The van der Waals surface area contributed by atoms with Gasteiger partial charge in [0.2, 0.25) is 0 Å². The SMILES string of the molecule is Cn1ncc(C(=O)O)c1NS(=O)(=O)c1cccc(Br)c1. The Morgan fingerprint density at radius 3 is 2.75 bits per heavy atom. The van der Waals surface area contributed by atoms with Crippen molar-refractivity contribution in [2.45, 2.75) is 4.90 Å². The quantitative estimate of drug-likeness (QED) is 0.864. The summed E-state index contributed by atoms with van der Waals surface area (Å²) in [6.45, 7) is 0. The molecule has 0 spiro atoms. The van der Waals surface area contributed by atoms with E-state index in [1.165, 1.54) is 19.2 Å². The first-order valence-corrected chi connectivity index (χ1v) is 7.62. The number of carbonyl (C=O) groups is 1. The highest BCUT2D eigenvalue weighted by Crippen LogP contribution is 2.21. The monoisotopic (exact) mass is 359 g/mol. The fourth-order valence-corrected chi connectivity index (χ4v) is 3.24. The van der Waals surface area contributed by atoms with Crippen molar-refractivity contribution in [2.24, 2.45) is 7.05 Å². The fraction of sp³-hybridized carbons (Fsp3) is 0.0909. The first-order chi connectivity index (χ1) is 9.31. The summed E-state index contributed by atoms with van der Waals surface area (Å²) in [4.78, 5) is 11.0. The van der Waals surface area contributed by atoms with Crippen molar-refractivity contribution >= 4 is 37.7 Å². The molecule has 0 saturated heterocycles. The number of sulfonamides is 1. The normalized spacial score (nSPS) is 11.3. The maximum atomic E-state index is 12.2. The van der Waals surface area contributed by atoms with E-state index >= 15 is 0 Å². The molecule has 2 aromatic rings. The van der Waals surface area contributed by atoms with Gasteiger partial charge in [-0.3, -0.25) is 9.40 Å². The van der Waals surface area contributed by atoms with Gasteiger partial charge in [0.25, 0.3) is 10.0 Å². The lowest BCUT2D eigenvalue weighted by Crippen LogP contribution is -2.17. The second-order valence-electron chi connectivity index (χ2n) is 3.90. The molecule has 0 amide bonds. The Hall–Kier alpha value is -1.87. The number of nitrogens with one attached hydrogen (secondary N) is 1. The standard InChI is InChI=1S/C11H10BrN3O4S/c1-15-10(9(6-13-15)11(16)17)14-20(18,19)8-4-2-3-7(12)5-8/h2-6,14H,1H3,(H,16,17). The van der Waals surface area contributed by atoms with E-state index in [2.05, 4.69) is 25.8 Å². The van der Waals surface area contributed by atoms with Gasteiger partial charge in [-0.15, -0.1) is 0 Å². The van der Waals surface area contributed by atoms with Gasteiger partial charge in [0.05, 0.1) is 11.1 Å². The zero-order valence-corrected chi connectivity index (χ0v) is 12.6. The highest BCUT2D eigenvalue weighted by molar-refractivity contribution is 9.10. The lowest BCUT2D eigenvalue weighted by molar-refractivity contribution is 0.0698. The fourth-order valence-electron chi connectivity index (χ4n) is 1.54. The topological polar surface area (TPSA) is 101 Å². The average Bonchev–Trinajstić information content (AvgIpc) is 2.71. The molecular formula is C11H10BrN3O4S. The van der Waals surface area contributed by atoms with Crippen LogP contribution < -0.4 is 4.72 Å². The summed E-state index contributed by atoms with van der Waals surface area (Å²) >= 11 is 3.18. The number of aromatic carboxylic acids is 1. The minimum atomic E-state index is -3.89. The molecule has 0 atom stereocenters. The number of anilines is 1. The molecular weight excluding hydrogens is 350 g/mol. The summed E-state index contributed by atoms with van der Waals surface area (Å²) in [5, 5.41) is 12.7. The molecule has 1 heterocycles. The van der Waals surface area contributed by atoms with Gasteiger partial charge in [0.15, 0.2) is 5.82 Å². The maximum absolute atomic E-state index is 12.2. The van der Waals surface area contributed by atoms with Gasteiger partial charge in [-0.2, -0.15) is 5.10 Å². The molecule has 1 aromatic carbocycles. The van der Waals surface area contributed by atoms with Crippen LogP contribution in [0.15, 0.2) is 39.8 Å². The summed E-state index contributed by atoms with van der Waals surface area (Å²) in [7, 11) is -2.44. The van der Waals surface area contributed by atoms with Crippen molar-refractivity contribution in [2.75, 3.05) is 4.72 Å². The second kappa shape index (κ2) is 5.25. The molecule has 0 bridgehead atoms. The number of carboxylic acids is 1. The number of aryl methyl sites for hydroxylation is 1. The van der Waals surface area contributed by atoms with Crippen LogP contribution in [0.5, 0.6) is 0 Å².